The summed E-state index contributed by atoms with van der Waals surface area (Å²) < 4.78 is 11.1. The number of likely N-dealkylation sites (tertiary alicyclic amines) is 1. The highest BCUT2D eigenvalue weighted by atomic mass is 16.5. The Bertz CT molecular complexity index is 1060. The first-order valence-electron chi connectivity index (χ1n) is 11.9. The maximum absolute atomic E-state index is 12.5. The molecule has 4 rings (SSSR count). The van der Waals surface area contributed by atoms with Gasteiger partial charge in [0.15, 0.2) is 0 Å². The molecule has 1 fully saturated rings. The molecule has 0 radical (unpaired) electrons. The number of rotatable bonds is 9. The molecule has 2 aromatic carbocycles. The Morgan fingerprint density at radius 1 is 1.00 bits per heavy atom. The Morgan fingerprint density at radius 2 is 1.67 bits per heavy atom. The van der Waals surface area contributed by atoms with Crippen molar-refractivity contribution >= 4 is 17.8 Å². The average molecular weight is 497 g/mol. The van der Waals surface area contributed by atoms with E-state index in [0.717, 1.165) is 62.6 Å². The summed E-state index contributed by atoms with van der Waals surface area (Å²) >= 11 is 0. The molecule has 9 heteroatoms. The Kier molecular flexibility index (Phi) is 9.88. The summed E-state index contributed by atoms with van der Waals surface area (Å²) in [6.45, 7) is 5.39. The van der Waals surface area contributed by atoms with Crippen molar-refractivity contribution in [2.75, 3.05) is 39.9 Å². The molecule has 192 valence electrons. The molecule has 1 saturated heterocycles. The lowest BCUT2D eigenvalue weighted by atomic mass is 9.96. The number of hydrogen-bond acceptors (Lipinski definition) is 6. The van der Waals surface area contributed by atoms with Crippen LogP contribution < -0.4 is 9.47 Å². The molecule has 0 aromatic heterocycles. The van der Waals surface area contributed by atoms with Crippen LogP contribution in [0.2, 0.25) is 0 Å². The SMILES string of the molecule is COc1cccc(OCCN2CCC(CN3Cc4ccccc4C3=O)CC2)c1.O=C(O)/C=C/C(=O)O. The maximum atomic E-state index is 12.5. The highest BCUT2D eigenvalue weighted by Gasteiger charge is 2.30. The molecular formula is C27H32N2O7. The first-order valence-corrected chi connectivity index (χ1v) is 11.9. The van der Waals surface area contributed by atoms with Gasteiger partial charge in [-0.15, -0.1) is 0 Å². The van der Waals surface area contributed by atoms with E-state index in [0.29, 0.717) is 24.7 Å². The second kappa shape index (κ2) is 13.3. The first kappa shape index (κ1) is 26.7. The van der Waals surface area contributed by atoms with E-state index in [-0.39, 0.29) is 5.91 Å². The molecular weight excluding hydrogens is 464 g/mol. The minimum Gasteiger partial charge on any atom is -0.497 e. The number of carboxylic acids is 2. The number of methoxy groups -OCH3 is 1. The third-order valence-corrected chi connectivity index (χ3v) is 6.17. The number of carbonyl (C=O) groups is 3. The summed E-state index contributed by atoms with van der Waals surface area (Å²) in [5.74, 6) is -0.0587. The average Bonchev–Trinajstić information content (AvgIpc) is 3.19. The number of carboxylic acid groups (broad SMARTS) is 2. The lowest BCUT2D eigenvalue weighted by molar-refractivity contribution is -0.134. The van der Waals surface area contributed by atoms with Crippen LogP contribution in [0.3, 0.4) is 0 Å². The van der Waals surface area contributed by atoms with Gasteiger partial charge in [0.25, 0.3) is 5.91 Å². The van der Waals surface area contributed by atoms with Crippen molar-refractivity contribution in [2.45, 2.75) is 19.4 Å². The fourth-order valence-corrected chi connectivity index (χ4v) is 4.29. The molecule has 2 heterocycles. The van der Waals surface area contributed by atoms with E-state index in [1.54, 1.807) is 7.11 Å². The minimum absolute atomic E-state index is 0.199. The predicted molar refractivity (Wildman–Crippen MR) is 133 cm³/mol. The van der Waals surface area contributed by atoms with E-state index in [4.69, 9.17) is 19.7 Å². The largest absolute Gasteiger partial charge is 0.497 e. The third-order valence-electron chi connectivity index (χ3n) is 6.17. The Morgan fingerprint density at radius 3 is 2.31 bits per heavy atom. The van der Waals surface area contributed by atoms with Crippen LogP contribution in [-0.2, 0) is 16.1 Å². The van der Waals surface area contributed by atoms with Crippen LogP contribution in [0, 0.1) is 5.92 Å². The summed E-state index contributed by atoms with van der Waals surface area (Å²) in [6, 6.07) is 15.7. The topological polar surface area (TPSA) is 117 Å². The van der Waals surface area contributed by atoms with Gasteiger partial charge < -0.3 is 24.6 Å². The van der Waals surface area contributed by atoms with E-state index < -0.39 is 11.9 Å². The second-order valence-corrected chi connectivity index (χ2v) is 8.67. The molecule has 2 aliphatic heterocycles. The van der Waals surface area contributed by atoms with Gasteiger partial charge in [-0.3, -0.25) is 9.69 Å². The molecule has 2 aliphatic rings. The van der Waals surface area contributed by atoms with Gasteiger partial charge in [-0.2, -0.15) is 0 Å². The van der Waals surface area contributed by atoms with E-state index >= 15 is 0 Å². The number of nitrogens with zero attached hydrogens (tertiary/aromatic N) is 2. The van der Waals surface area contributed by atoms with Crippen molar-refractivity contribution in [2.24, 2.45) is 5.92 Å². The van der Waals surface area contributed by atoms with E-state index in [1.165, 1.54) is 5.56 Å². The Balaban J connectivity index is 0.000000392. The van der Waals surface area contributed by atoms with Crippen LogP contribution in [0.5, 0.6) is 11.5 Å². The van der Waals surface area contributed by atoms with Crippen LogP contribution >= 0.6 is 0 Å². The van der Waals surface area contributed by atoms with Crippen molar-refractivity contribution in [3.63, 3.8) is 0 Å². The number of benzene rings is 2. The molecule has 0 unspecified atom stereocenters. The molecule has 0 spiro atoms. The predicted octanol–water partition coefficient (Wildman–Crippen LogP) is 3.15. The van der Waals surface area contributed by atoms with E-state index in [1.807, 2.05) is 47.4 Å². The summed E-state index contributed by atoms with van der Waals surface area (Å²) in [6.07, 6.45) is 3.39. The smallest absolute Gasteiger partial charge is 0.328 e. The summed E-state index contributed by atoms with van der Waals surface area (Å²) in [7, 11) is 1.66. The summed E-state index contributed by atoms with van der Waals surface area (Å²) in [5.41, 5.74) is 2.05. The van der Waals surface area contributed by atoms with Gasteiger partial charge in [-0.05, 0) is 55.6 Å². The number of piperidine rings is 1. The van der Waals surface area contributed by atoms with Crippen LogP contribution in [0.1, 0.15) is 28.8 Å². The fraction of sp³-hybridized carbons (Fsp3) is 0.370. The van der Waals surface area contributed by atoms with Crippen molar-refractivity contribution in [1.82, 2.24) is 9.80 Å². The number of fused-ring (bicyclic) bond motifs is 1. The van der Waals surface area contributed by atoms with Gasteiger partial charge in [0, 0.05) is 43.4 Å². The number of aliphatic carboxylic acids is 2. The molecule has 2 aromatic rings. The van der Waals surface area contributed by atoms with Gasteiger partial charge in [-0.25, -0.2) is 9.59 Å². The van der Waals surface area contributed by atoms with Crippen LogP contribution in [0.25, 0.3) is 0 Å². The highest BCUT2D eigenvalue weighted by molar-refractivity contribution is 5.98. The van der Waals surface area contributed by atoms with E-state index in [9.17, 15) is 14.4 Å². The molecule has 0 saturated carbocycles. The van der Waals surface area contributed by atoms with Crippen molar-refractivity contribution in [3.8, 4) is 11.5 Å². The second-order valence-electron chi connectivity index (χ2n) is 8.67. The minimum atomic E-state index is -1.26. The molecule has 36 heavy (non-hydrogen) atoms. The van der Waals surface area contributed by atoms with Crippen LogP contribution in [0.4, 0.5) is 0 Å². The van der Waals surface area contributed by atoms with Gasteiger partial charge in [-0.1, -0.05) is 24.3 Å². The van der Waals surface area contributed by atoms with Gasteiger partial charge >= 0.3 is 11.9 Å². The lowest BCUT2D eigenvalue weighted by Gasteiger charge is -2.33. The van der Waals surface area contributed by atoms with E-state index in [2.05, 4.69) is 11.0 Å². The zero-order chi connectivity index (χ0) is 25.9. The third kappa shape index (κ3) is 8.13. The van der Waals surface area contributed by atoms with Gasteiger partial charge in [0.1, 0.15) is 18.1 Å². The molecule has 0 aliphatic carbocycles. The van der Waals surface area contributed by atoms with Crippen LogP contribution in [0.15, 0.2) is 60.7 Å². The number of ether oxygens (including phenoxy) is 2. The first-order chi connectivity index (χ1) is 17.4. The quantitative estimate of drug-likeness (QED) is 0.509. The Labute approximate surface area is 210 Å². The normalized spacial score (nSPS) is 15.8. The monoisotopic (exact) mass is 496 g/mol. The van der Waals surface area contributed by atoms with Crippen LogP contribution in [-0.4, -0.2) is 77.8 Å². The molecule has 9 nitrogen and oxygen atoms in total. The Hall–Kier alpha value is -3.85. The zero-order valence-electron chi connectivity index (χ0n) is 20.3. The zero-order valence-corrected chi connectivity index (χ0v) is 20.3. The van der Waals surface area contributed by atoms with Gasteiger partial charge in [0.05, 0.1) is 7.11 Å². The fourth-order valence-electron chi connectivity index (χ4n) is 4.29. The maximum Gasteiger partial charge on any atom is 0.328 e. The lowest BCUT2D eigenvalue weighted by Crippen LogP contribution is -2.40. The molecule has 2 N–H and O–H groups in total. The molecule has 0 bridgehead atoms. The van der Waals surface area contributed by atoms with Crippen molar-refractivity contribution < 1.29 is 34.1 Å². The number of carbonyl (C=O) groups excluding carboxylic acids is 1. The molecule has 0 atom stereocenters. The standard InChI is InChI=1S/C23H28N2O3.C4H4O4/c1-27-20-6-4-7-21(15-20)28-14-13-24-11-9-18(10-12-24)16-25-17-19-5-2-3-8-22(19)23(25)26;5-3(6)1-2-4(7)8/h2-8,15,18H,9-14,16-17H2,1H3;1-2H,(H,5,6)(H,7,8)/b;2-1+. The van der Waals surface area contributed by atoms with Gasteiger partial charge in [0.2, 0.25) is 0 Å². The van der Waals surface area contributed by atoms with Crippen molar-refractivity contribution in [1.29, 1.82) is 0 Å². The van der Waals surface area contributed by atoms with Crippen molar-refractivity contribution in [3.05, 3.63) is 71.8 Å². The summed E-state index contributed by atoms with van der Waals surface area (Å²) in [4.78, 5) is 36.1. The summed E-state index contributed by atoms with van der Waals surface area (Å²) in [5, 5.41) is 15.6. The molecule has 1 amide bonds. The number of hydrogen-bond donors (Lipinski definition) is 2. The number of amides is 1. The highest BCUT2D eigenvalue weighted by Crippen LogP contribution is 2.26.